The molecule has 0 aliphatic carbocycles. The van der Waals surface area contributed by atoms with Gasteiger partial charge in [-0.15, -0.1) is 0 Å². The molecular weight excluding hydrogens is 240 g/mol. The molecular formula is C16H24O3. The van der Waals surface area contributed by atoms with Crippen molar-refractivity contribution in [2.24, 2.45) is 0 Å². The molecule has 1 N–H and O–H groups in total. The second-order valence-corrected chi connectivity index (χ2v) is 4.81. The van der Waals surface area contributed by atoms with Crippen LogP contribution in [0.4, 0.5) is 0 Å². The Kier molecular flexibility index (Phi) is 7.91. The summed E-state index contributed by atoms with van der Waals surface area (Å²) in [7, 11) is 0. The van der Waals surface area contributed by atoms with Gasteiger partial charge in [0.25, 0.3) is 0 Å². The minimum atomic E-state index is -0.799. The number of hydrogen-bond donors (Lipinski definition) is 1. The van der Waals surface area contributed by atoms with Crippen LogP contribution in [0.15, 0.2) is 24.3 Å². The van der Waals surface area contributed by atoms with Crippen LogP contribution in [0.1, 0.15) is 50.2 Å². The van der Waals surface area contributed by atoms with Crippen molar-refractivity contribution in [3.63, 3.8) is 0 Å². The van der Waals surface area contributed by atoms with E-state index in [0.717, 1.165) is 24.2 Å². The molecule has 3 heteroatoms. The molecule has 0 spiro atoms. The van der Waals surface area contributed by atoms with Crippen molar-refractivity contribution >= 4 is 5.97 Å². The second kappa shape index (κ2) is 9.56. The third-order valence-corrected chi connectivity index (χ3v) is 3.11. The molecule has 3 nitrogen and oxygen atoms in total. The molecule has 0 saturated carbocycles. The van der Waals surface area contributed by atoms with Crippen LogP contribution < -0.4 is 0 Å². The number of hydrogen-bond acceptors (Lipinski definition) is 2. The van der Waals surface area contributed by atoms with Gasteiger partial charge in [0.15, 0.2) is 0 Å². The van der Waals surface area contributed by atoms with Gasteiger partial charge in [-0.25, -0.2) is 0 Å². The Labute approximate surface area is 115 Å². The number of carbonyl (C=O) groups is 1. The predicted molar refractivity (Wildman–Crippen MR) is 76.2 cm³/mol. The van der Waals surface area contributed by atoms with Crippen molar-refractivity contribution in [3.05, 3.63) is 35.4 Å². The van der Waals surface area contributed by atoms with Crippen LogP contribution in [0.2, 0.25) is 0 Å². The van der Waals surface area contributed by atoms with Gasteiger partial charge in [0.2, 0.25) is 0 Å². The van der Waals surface area contributed by atoms with Crippen LogP contribution >= 0.6 is 0 Å². The smallest absolute Gasteiger partial charge is 0.307 e. The Morgan fingerprint density at radius 1 is 1.11 bits per heavy atom. The van der Waals surface area contributed by atoms with Gasteiger partial charge in [0.1, 0.15) is 0 Å². The molecule has 0 aromatic heterocycles. The summed E-state index contributed by atoms with van der Waals surface area (Å²) in [5.41, 5.74) is 1.83. The van der Waals surface area contributed by atoms with Gasteiger partial charge < -0.3 is 9.84 Å². The number of benzene rings is 1. The second-order valence-electron chi connectivity index (χ2n) is 4.81. The number of carboxylic acid groups (broad SMARTS) is 1. The fraction of sp³-hybridized carbons (Fsp3) is 0.562. The molecule has 1 rings (SSSR count). The molecule has 0 radical (unpaired) electrons. The molecule has 106 valence electrons. The summed E-state index contributed by atoms with van der Waals surface area (Å²) in [6, 6.07) is 7.58. The van der Waals surface area contributed by atoms with Gasteiger partial charge in [0, 0.05) is 6.61 Å². The quantitative estimate of drug-likeness (QED) is 0.654. The molecule has 1 aromatic carbocycles. The number of unbranched alkanes of at least 4 members (excludes halogenated alkanes) is 4. The zero-order chi connectivity index (χ0) is 13.9. The van der Waals surface area contributed by atoms with E-state index < -0.39 is 5.97 Å². The molecule has 0 fully saturated rings. The Balaban J connectivity index is 2.26. The first kappa shape index (κ1) is 15.7. The van der Waals surface area contributed by atoms with E-state index in [2.05, 4.69) is 6.92 Å². The lowest BCUT2D eigenvalue weighted by atomic mass is 10.1. The van der Waals surface area contributed by atoms with Crippen LogP contribution in [0.3, 0.4) is 0 Å². The van der Waals surface area contributed by atoms with Gasteiger partial charge in [-0.1, -0.05) is 56.9 Å². The lowest BCUT2D eigenvalue weighted by Crippen LogP contribution is -2.05. The third-order valence-electron chi connectivity index (χ3n) is 3.11. The summed E-state index contributed by atoms with van der Waals surface area (Å²) in [4.78, 5) is 10.8. The lowest BCUT2D eigenvalue weighted by molar-refractivity contribution is -0.136. The zero-order valence-corrected chi connectivity index (χ0v) is 11.7. The number of carboxylic acids is 1. The summed E-state index contributed by atoms with van der Waals surface area (Å²) < 4.78 is 5.63. The van der Waals surface area contributed by atoms with Gasteiger partial charge in [-0.2, -0.15) is 0 Å². The summed E-state index contributed by atoms with van der Waals surface area (Å²) in [5, 5.41) is 8.84. The maximum atomic E-state index is 10.8. The van der Waals surface area contributed by atoms with E-state index in [1.54, 1.807) is 0 Å². The van der Waals surface area contributed by atoms with E-state index >= 15 is 0 Å². The summed E-state index contributed by atoms with van der Waals surface area (Å²) >= 11 is 0. The normalized spacial score (nSPS) is 10.6. The average Bonchev–Trinajstić information content (AvgIpc) is 2.39. The fourth-order valence-corrected chi connectivity index (χ4v) is 2.02. The van der Waals surface area contributed by atoms with Gasteiger partial charge in [-0.05, 0) is 17.5 Å². The summed E-state index contributed by atoms with van der Waals surface area (Å²) in [5.74, 6) is -0.799. The first-order valence-electron chi connectivity index (χ1n) is 7.10. The Morgan fingerprint density at radius 2 is 1.79 bits per heavy atom. The van der Waals surface area contributed by atoms with Gasteiger partial charge in [0.05, 0.1) is 13.0 Å². The average molecular weight is 264 g/mol. The van der Waals surface area contributed by atoms with Crippen molar-refractivity contribution in [2.45, 2.75) is 52.1 Å². The van der Waals surface area contributed by atoms with Crippen LogP contribution in [-0.2, 0) is 22.6 Å². The fourth-order valence-electron chi connectivity index (χ4n) is 2.02. The molecule has 0 heterocycles. The summed E-state index contributed by atoms with van der Waals surface area (Å²) in [6.45, 7) is 3.47. The summed E-state index contributed by atoms with van der Waals surface area (Å²) in [6.07, 6.45) is 6.18. The van der Waals surface area contributed by atoms with Crippen LogP contribution in [-0.4, -0.2) is 17.7 Å². The third kappa shape index (κ3) is 6.97. The Morgan fingerprint density at radius 3 is 2.47 bits per heavy atom. The van der Waals surface area contributed by atoms with E-state index in [9.17, 15) is 4.79 Å². The minimum Gasteiger partial charge on any atom is -0.481 e. The van der Waals surface area contributed by atoms with Crippen LogP contribution in [0.5, 0.6) is 0 Å². The minimum absolute atomic E-state index is 0.0655. The molecule has 0 saturated heterocycles. The standard InChI is InChI=1S/C16H24O3/c1-2-3-4-5-8-11-19-13-15-10-7-6-9-14(15)12-16(17)18/h6-7,9-10H,2-5,8,11-13H2,1H3,(H,17,18). The predicted octanol–water partition coefficient (Wildman–Crippen LogP) is 3.80. The van der Waals surface area contributed by atoms with E-state index in [-0.39, 0.29) is 6.42 Å². The van der Waals surface area contributed by atoms with Crippen molar-refractivity contribution in [2.75, 3.05) is 6.61 Å². The van der Waals surface area contributed by atoms with Crippen molar-refractivity contribution in [1.82, 2.24) is 0 Å². The molecule has 1 aromatic rings. The van der Waals surface area contributed by atoms with Gasteiger partial charge in [-0.3, -0.25) is 4.79 Å². The highest BCUT2D eigenvalue weighted by Gasteiger charge is 2.05. The topological polar surface area (TPSA) is 46.5 Å². The van der Waals surface area contributed by atoms with Crippen molar-refractivity contribution < 1.29 is 14.6 Å². The molecule has 0 atom stereocenters. The first-order valence-corrected chi connectivity index (χ1v) is 7.10. The molecule has 0 bridgehead atoms. The molecule has 0 unspecified atom stereocenters. The number of rotatable bonds is 10. The van der Waals surface area contributed by atoms with E-state index in [4.69, 9.17) is 9.84 Å². The van der Waals surface area contributed by atoms with E-state index in [1.165, 1.54) is 25.7 Å². The lowest BCUT2D eigenvalue weighted by Gasteiger charge is -2.08. The largest absolute Gasteiger partial charge is 0.481 e. The SMILES string of the molecule is CCCCCCCOCc1ccccc1CC(=O)O. The zero-order valence-electron chi connectivity index (χ0n) is 11.7. The highest BCUT2D eigenvalue weighted by Crippen LogP contribution is 2.11. The molecule has 0 aliphatic heterocycles. The molecule has 0 amide bonds. The highest BCUT2D eigenvalue weighted by atomic mass is 16.5. The van der Waals surface area contributed by atoms with Crippen LogP contribution in [0, 0.1) is 0 Å². The molecule has 19 heavy (non-hydrogen) atoms. The highest BCUT2D eigenvalue weighted by molar-refractivity contribution is 5.70. The van der Waals surface area contributed by atoms with E-state index in [1.807, 2.05) is 24.3 Å². The Hall–Kier alpha value is -1.35. The maximum absolute atomic E-state index is 10.8. The van der Waals surface area contributed by atoms with Gasteiger partial charge >= 0.3 is 5.97 Å². The van der Waals surface area contributed by atoms with Crippen molar-refractivity contribution in [1.29, 1.82) is 0 Å². The number of ether oxygens (including phenoxy) is 1. The van der Waals surface area contributed by atoms with E-state index in [0.29, 0.717) is 6.61 Å². The first-order chi connectivity index (χ1) is 9.24. The van der Waals surface area contributed by atoms with Crippen LogP contribution in [0.25, 0.3) is 0 Å². The maximum Gasteiger partial charge on any atom is 0.307 e. The number of aliphatic carboxylic acids is 1. The molecule has 0 aliphatic rings. The monoisotopic (exact) mass is 264 g/mol. The van der Waals surface area contributed by atoms with Crippen molar-refractivity contribution in [3.8, 4) is 0 Å². The Bertz CT molecular complexity index is 374.